The minimum absolute atomic E-state index is 0.701. The maximum absolute atomic E-state index is 3.44. The second kappa shape index (κ2) is 4.79. The van der Waals surface area contributed by atoms with E-state index in [-0.39, 0.29) is 0 Å². The number of fused-ring (bicyclic) bond motifs is 1. The summed E-state index contributed by atoms with van der Waals surface area (Å²) in [7, 11) is 2.09. The molecule has 0 bridgehead atoms. The van der Waals surface area contributed by atoms with Crippen LogP contribution in [0.1, 0.15) is 24.0 Å². The third kappa shape index (κ3) is 2.24. The molecule has 3 rings (SSSR count). The zero-order chi connectivity index (χ0) is 11.7. The van der Waals surface area contributed by atoms with Gasteiger partial charge in [0.2, 0.25) is 0 Å². The van der Waals surface area contributed by atoms with E-state index in [1.165, 1.54) is 38.8 Å². The summed E-state index contributed by atoms with van der Waals surface area (Å²) in [5, 5.41) is 3.44. The lowest BCUT2D eigenvalue weighted by molar-refractivity contribution is 0.143. The largest absolute Gasteiger partial charge is 0.316 e. The van der Waals surface area contributed by atoms with Gasteiger partial charge in [0.25, 0.3) is 0 Å². The zero-order valence-corrected chi connectivity index (χ0v) is 10.7. The molecule has 2 nitrogen and oxygen atoms in total. The van der Waals surface area contributed by atoms with Gasteiger partial charge in [-0.05, 0) is 50.4 Å². The van der Waals surface area contributed by atoms with Gasteiger partial charge in [-0.2, -0.15) is 0 Å². The van der Waals surface area contributed by atoms with Gasteiger partial charge >= 0.3 is 0 Å². The molecule has 0 spiro atoms. The summed E-state index contributed by atoms with van der Waals surface area (Å²) in [5.41, 5.74) is 3.15. The lowest BCUT2D eigenvalue weighted by Gasteiger charge is -2.36. The van der Waals surface area contributed by atoms with Crippen molar-refractivity contribution in [3.63, 3.8) is 0 Å². The van der Waals surface area contributed by atoms with Gasteiger partial charge in [-0.3, -0.25) is 4.90 Å². The van der Waals surface area contributed by atoms with Gasteiger partial charge in [-0.1, -0.05) is 24.3 Å². The second-order valence-electron chi connectivity index (χ2n) is 5.45. The zero-order valence-electron chi connectivity index (χ0n) is 10.7. The van der Waals surface area contributed by atoms with Crippen molar-refractivity contribution in [2.45, 2.75) is 37.8 Å². The van der Waals surface area contributed by atoms with Crippen molar-refractivity contribution in [2.24, 2.45) is 0 Å². The summed E-state index contributed by atoms with van der Waals surface area (Å²) in [4.78, 5) is 2.70. The molecule has 0 saturated carbocycles. The number of likely N-dealkylation sites (tertiary alicyclic amines) is 1. The van der Waals surface area contributed by atoms with E-state index in [1.54, 1.807) is 11.1 Å². The number of nitrogens with one attached hydrogen (secondary N) is 1. The first-order valence-electron chi connectivity index (χ1n) is 6.85. The van der Waals surface area contributed by atoms with Crippen molar-refractivity contribution in [3.05, 3.63) is 35.4 Å². The Morgan fingerprint density at radius 3 is 2.53 bits per heavy atom. The Morgan fingerprint density at radius 2 is 1.88 bits per heavy atom. The van der Waals surface area contributed by atoms with Crippen LogP contribution in [0.4, 0.5) is 0 Å². The third-order valence-corrected chi connectivity index (χ3v) is 4.41. The molecular formula is C15H22N2. The summed E-state index contributed by atoms with van der Waals surface area (Å²) in [6.07, 6.45) is 5.20. The van der Waals surface area contributed by atoms with Crippen LogP contribution in [-0.4, -0.2) is 37.1 Å². The summed E-state index contributed by atoms with van der Waals surface area (Å²) in [6, 6.07) is 10.4. The molecule has 0 amide bonds. The number of piperidine rings is 1. The first kappa shape index (κ1) is 11.2. The molecule has 17 heavy (non-hydrogen) atoms. The number of benzene rings is 1. The quantitative estimate of drug-likeness (QED) is 0.834. The Labute approximate surface area is 104 Å². The van der Waals surface area contributed by atoms with Crippen LogP contribution in [-0.2, 0) is 12.8 Å². The molecule has 0 aromatic heterocycles. The smallest absolute Gasteiger partial charge is 0.0192 e. The highest BCUT2D eigenvalue weighted by Crippen LogP contribution is 2.27. The lowest BCUT2D eigenvalue weighted by Crippen LogP contribution is -2.49. The van der Waals surface area contributed by atoms with Gasteiger partial charge < -0.3 is 5.32 Å². The van der Waals surface area contributed by atoms with E-state index in [1.807, 2.05) is 0 Å². The Bertz CT molecular complexity index is 363. The highest BCUT2D eigenvalue weighted by molar-refractivity contribution is 5.33. The highest BCUT2D eigenvalue weighted by atomic mass is 15.2. The van der Waals surface area contributed by atoms with Gasteiger partial charge in [0.15, 0.2) is 0 Å². The Morgan fingerprint density at radius 1 is 1.18 bits per heavy atom. The van der Waals surface area contributed by atoms with E-state index in [0.29, 0.717) is 6.04 Å². The summed E-state index contributed by atoms with van der Waals surface area (Å²) >= 11 is 0. The molecule has 1 aromatic carbocycles. The van der Waals surface area contributed by atoms with Gasteiger partial charge in [0, 0.05) is 18.6 Å². The monoisotopic (exact) mass is 230 g/mol. The first-order valence-corrected chi connectivity index (χ1v) is 6.85. The average Bonchev–Trinajstić information content (AvgIpc) is 2.82. The van der Waals surface area contributed by atoms with Crippen molar-refractivity contribution in [1.82, 2.24) is 10.2 Å². The van der Waals surface area contributed by atoms with Crippen molar-refractivity contribution in [1.29, 1.82) is 0 Å². The predicted octanol–water partition coefficient (Wildman–Crippen LogP) is 1.84. The van der Waals surface area contributed by atoms with E-state index in [0.717, 1.165) is 6.04 Å². The fourth-order valence-electron chi connectivity index (χ4n) is 3.37. The molecule has 1 aromatic rings. The van der Waals surface area contributed by atoms with Crippen molar-refractivity contribution < 1.29 is 0 Å². The van der Waals surface area contributed by atoms with E-state index in [9.17, 15) is 0 Å². The molecule has 92 valence electrons. The molecule has 0 radical (unpaired) electrons. The molecular weight excluding hydrogens is 208 g/mol. The highest BCUT2D eigenvalue weighted by Gasteiger charge is 2.29. The van der Waals surface area contributed by atoms with E-state index in [2.05, 4.69) is 41.5 Å². The van der Waals surface area contributed by atoms with Gasteiger partial charge in [-0.25, -0.2) is 0 Å². The minimum atomic E-state index is 0.701. The fourth-order valence-corrected chi connectivity index (χ4v) is 3.37. The van der Waals surface area contributed by atoms with E-state index >= 15 is 0 Å². The summed E-state index contributed by atoms with van der Waals surface area (Å²) in [5.74, 6) is 0. The van der Waals surface area contributed by atoms with Crippen molar-refractivity contribution >= 4 is 0 Å². The van der Waals surface area contributed by atoms with Crippen LogP contribution in [0.2, 0.25) is 0 Å². The van der Waals surface area contributed by atoms with Crippen LogP contribution in [0.25, 0.3) is 0 Å². The minimum Gasteiger partial charge on any atom is -0.316 e. The summed E-state index contributed by atoms with van der Waals surface area (Å²) in [6.45, 7) is 2.52. The Hall–Kier alpha value is -0.860. The maximum Gasteiger partial charge on any atom is 0.0192 e. The standard InChI is InChI=1S/C15H22N2/c1-16-14-7-4-8-17(11-14)15-9-12-5-2-3-6-13(12)10-15/h2-3,5-6,14-16H,4,7-11H2,1H3/t14-/m0/s1. The third-order valence-electron chi connectivity index (χ3n) is 4.41. The number of rotatable bonds is 2. The molecule has 1 fully saturated rings. The molecule has 1 N–H and O–H groups in total. The van der Waals surface area contributed by atoms with Gasteiger partial charge in [0.1, 0.15) is 0 Å². The Kier molecular flexibility index (Phi) is 3.17. The molecule has 1 saturated heterocycles. The van der Waals surface area contributed by atoms with Crippen LogP contribution in [0.3, 0.4) is 0 Å². The molecule has 1 heterocycles. The predicted molar refractivity (Wildman–Crippen MR) is 71.3 cm³/mol. The number of hydrogen-bond donors (Lipinski definition) is 1. The molecule has 1 aliphatic heterocycles. The SMILES string of the molecule is CN[C@H]1CCCN(C2Cc3ccccc3C2)C1. The number of nitrogens with zero attached hydrogens (tertiary/aromatic N) is 1. The molecule has 2 aliphatic rings. The molecule has 0 unspecified atom stereocenters. The van der Waals surface area contributed by atoms with E-state index < -0.39 is 0 Å². The Balaban J connectivity index is 1.68. The van der Waals surface area contributed by atoms with Gasteiger partial charge in [-0.15, -0.1) is 0 Å². The lowest BCUT2D eigenvalue weighted by atomic mass is 10.0. The average molecular weight is 230 g/mol. The van der Waals surface area contributed by atoms with Crippen molar-refractivity contribution in [3.8, 4) is 0 Å². The van der Waals surface area contributed by atoms with E-state index in [4.69, 9.17) is 0 Å². The van der Waals surface area contributed by atoms with Crippen LogP contribution < -0.4 is 5.32 Å². The van der Waals surface area contributed by atoms with Crippen molar-refractivity contribution in [2.75, 3.05) is 20.1 Å². The molecule has 2 heteroatoms. The molecule has 1 atom stereocenters. The normalized spacial score (nSPS) is 26.1. The van der Waals surface area contributed by atoms with Crippen LogP contribution in [0.15, 0.2) is 24.3 Å². The van der Waals surface area contributed by atoms with Crippen LogP contribution in [0.5, 0.6) is 0 Å². The second-order valence-corrected chi connectivity index (χ2v) is 5.45. The van der Waals surface area contributed by atoms with Gasteiger partial charge in [0.05, 0.1) is 0 Å². The first-order chi connectivity index (χ1) is 8.36. The number of hydrogen-bond acceptors (Lipinski definition) is 2. The van der Waals surface area contributed by atoms with Crippen LogP contribution in [0, 0.1) is 0 Å². The number of likely N-dealkylation sites (N-methyl/N-ethyl adjacent to an activating group) is 1. The fraction of sp³-hybridized carbons (Fsp3) is 0.600. The summed E-state index contributed by atoms with van der Waals surface area (Å²) < 4.78 is 0. The maximum atomic E-state index is 3.44. The van der Waals surface area contributed by atoms with Crippen LogP contribution >= 0.6 is 0 Å². The molecule has 1 aliphatic carbocycles. The topological polar surface area (TPSA) is 15.3 Å².